The molecule has 0 aliphatic heterocycles. The minimum absolute atomic E-state index is 0.0579. The molecule has 0 radical (unpaired) electrons. The van der Waals surface area contributed by atoms with Crippen LogP contribution in [0, 0.1) is 5.82 Å². The van der Waals surface area contributed by atoms with Crippen molar-refractivity contribution in [3.05, 3.63) is 58.6 Å². The first-order chi connectivity index (χ1) is 9.84. The summed E-state index contributed by atoms with van der Waals surface area (Å²) in [6.07, 6.45) is 2.77. The lowest BCUT2D eigenvalue weighted by Crippen LogP contribution is -2.30. The van der Waals surface area contributed by atoms with E-state index in [4.69, 9.17) is 0 Å². The van der Waals surface area contributed by atoms with E-state index in [0.29, 0.717) is 10.0 Å². The quantitative estimate of drug-likeness (QED) is 0.826. The fourth-order valence-corrected chi connectivity index (χ4v) is 3.77. The van der Waals surface area contributed by atoms with Gasteiger partial charge in [-0.1, -0.05) is 18.2 Å². The van der Waals surface area contributed by atoms with Crippen LogP contribution >= 0.6 is 15.9 Å². The molecule has 0 N–H and O–H groups in total. The summed E-state index contributed by atoms with van der Waals surface area (Å²) >= 11 is 3.19. The molecule has 4 nitrogen and oxygen atoms in total. The van der Waals surface area contributed by atoms with Gasteiger partial charge in [-0.3, -0.25) is 4.98 Å². The van der Waals surface area contributed by atoms with Gasteiger partial charge in [0.2, 0.25) is 10.0 Å². The number of nitrogens with zero attached hydrogens (tertiary/aromatic N) is 2. The summed E-state index contributed by atoms with van der Waals surface area (Å²) in [5, 5.41) is 0. The van der Waals surface area contributed by atoms with Crippen molar-refractivity contribution >= 4 is 26.0 Å². The van der Waals surface area contributed by atoms with Crippen LogP contribution in [0.2, 0.25) is 0 Å². The van der Waals surface area contributed by atoms with Crippen molar-refractivity contribution < 1.29 is 12.8 Å². The van der Waals surface area contributed by atoms with Crippen molar-refractivity contribution in [2.75, 3.05) is 7.05 Å². The second-order valence-electron chi connectivity index (χ2n) is 4.56. The summed E-state index contributed by atoms with van der Waals surface area (Å²) in [7, 11) is -2.33. The van der Waals surface area contributed by atoms with E-state index in [2.05, 4.69) is 20.9 Å². The van der Waals surface area contributed by atoms with E-state index < -0.39 is 21.9 Å². The van der Waals surface area contributed by atoms with Crippen LogP contribution in [0.3, 0.4) is 0 Å². The van der Waals surface area contributed by atoms with E-state index in [1.54, 1.807) is 25.1 Å². The SMILES string of the molecule is CC(c1ccccc1F)N(C)S(=O)(=O)c1cncc(Br)c1. The van der Waals surface area contributed by atoms with Gasteiger partial charge in [0.1, 0.15) is 10.7 Å². The van der Waals surface area contributed by atoms with Gasteiger partial charge in [-0.25, -0.2) is 12.8 Å². The first-order valence-corrected chi connectivity index (χ1v) is 8.40. The molecule has 0 amide bonds. The number of benzene rings is 1. The molecule has 112 valence electrons. The second-order valence-corrected chi connectivity index (χ2v) is 7.47. The van der Waals surface area contributed by atoms with Crippen LogP contribution in [-0.4, -0.2) is 24.8 Å². The predicted molar refractivity (Wildman–Crippen MR) is 81.7 cm³/mol. The molecule has 0 aliphatic rings. The van der Waals surface area contributed by atoms with Crippen LogP contribution in [0.5, 0.6) is 0 Å². The van der Waals surface area contributed by atoms with Crippen LogP contribution in [0.1, 0.15) is 18.5 Å². The lowest BCUT2D eigenvalue weighted by molar-refractivity contribution is 0.387. The molecule has 2 aromatic rings. The Morgan fingerprint density at radius 1 is 1.29 bits per heavy atom. The smallest absolute Gasteiger partial charge is 0.244 e. The van der Waals surface area contributed by atoms with Crippen molar-refractivity contribution in [3.63, 3.8) is 0 Å². The zero-order valence-electron chi connectivity index (χ0n) is 11.5. The average molecular weight is 373 g/mol. The highest BCUT2D eigenvalue weighted by molar-refractivity contribution is 9.10. The number of aromatic nitrogens is 1. The zero-order chi connectivity index (χ0) is 15.6. The van der Waals surface area contributed by atoms with Crippen LogP contribution in [-0.2, 0) is 10.0 Å². The van der Waals surface area contributed by atoms with E-state index in [9.17, 15) is 12.8 Å². The Morgan fingerprint density at radius 3 is 2.57 bits per heavy atom. The molecule has 1 unspecified atom stereocenters. The van der Waals surface area contributed by atoms with Gasteiger partial charge in [-0.05, 0) is 35.0 Å². The van der Waals surface area contributed by atoms with Gasteiger partial charge in [-0.2, -0.15) is 4.31 Å². The monoisotopic (exact) mass is 372 g/mol. The zero-order valence-corrected chi connectivity index (χ0v) is 13.9. The third-order valence-corrected chi connectivity index (χ3v) is 5.58. The number of rotatable bonds is 4. The van der Waals surface area contributed by atoms with Gasteiger partial charge in [0, 0.05) is 35.5 Å². The maximum absolute atomic E-state index is 13.8. The standard InChI is InChI=1S/C14H14BrFN2O2S/c1-10(13-5-3-4-6-14(13)16)18(2)21(19,20)12-7-11(15)8-17-9-12/h3-10H,1-2H3. The molecule has 1 aromatic heterocycles. The molecular formula is C14H14BrFN2O2S. The summed E-state index contributed by atoms with van der Waals surface area (Å²) in [6, 6.07) is 6.97. The summed E-state index contributed by atoms with van der Waals surface area (Å²) in [5.41, 5.74) is 0.325. The summed E-state index contributed by atoms with van der Waals surface area (Å²) in [4.78, 5) is 3.91. The lowest BCUT2D eigenvalue weighted by Gasteiger charge is -2.24. The average Bonchev–Trinajstić information content (AvgIpc) is 2.46. The maximum atomic E-state index is 13.8. The Labute approximate surface area is 131 Å². The Kier molecular flexibility index (Phi) is 4.75. The van der Waals surface area contributed by atoms with Crippen molar-refractivity contribution in [1.82, 2.24) is 9.29 Å². The van der Waals surface area contributed by atoms with Gasteiger partial charge >= 0.3 is 0 Å². The fraction of sp³-hybridized carbons (Fsp3) is 0.214. The molecule has 1 aromatic carbocycles. The molecule has 0 spiro atoms. The molecule has 0 saturated heterocycles. The highest BCUT2D eigenvalue weighted by Crippen LogP contribution is 2.27. The molecule has 2 rings (SSSR count). The highest BCUT2D eigenvalue weighted by atomic mass is 79.9. The number of hydrogen-bond donors (Lipinski definition) is 0. The van der Waals surface area contributed by atoms with Gasteiger partial charge in [0.15, 0.2) is 0 Å². The van der Waals surface area contributed by atoms with Crippen molar-refractivity contribution in [2.45, 2.75) is 17.9 Å². The first-order valence-electron chi connectivity index (χ1n) is 6.17. The van der Waals surface area contributed by atoms with E-state index in [0.717, 1.165) is 4.31 Å². The summed E-state index contributed by atoms with van der Waals surface area (Å²) < 4.78 is 40.6. The topological polar surface area (TPSA) is 50.3 Å². The van der Waals surface area contributed by atoms with Crippen LogP contribution in [0.15, 0.2) is 52.1 Å². The molecule has 0 saturated carbocycles. The molecule has 0 bridgehead atoms. The van der Waals surface area contributed by atoms with Crippen LogP contribution < -0.4 is 0 Å². The number of pyridine rings is 1. The van der Waals surface area contributed by atoms with E-state index in [1.807, 2.05) is 0 Å². The normalized spacial score (nSPS) is 13.4. The molecule has 1 atom stereocenters. The van der Waals surface area contributed by atoms with E-state index in [1.165, 1.54) is 31.6 Å². The van der Waals surface area contributed by atoms with E-state index in [-0.39, 0.29) is 4.90 Å². The lowest BCUT2D eigenvalue weighted by atomic mass is 10.1. The van der Waals surface area contributed by atoms with E-state index >= 15 is 0 Å². The summed E-state index contributed by atoms with van der Waals surface area (Å²) in [6.45, 7) is 1.64. The van der Waals surface area contributed by atoms with Crippen LogP contribution in [0.25, 0.3) is 0 Å². The molecular weight excluding hydrogens is 359 g/mol. The third kappa shape index (κ3) is 3.30. The minimum Gasteiger partial charge on any atom is -0.262 e. The Bertz CT molecular complexity index is 752. The Balaban J connectivity index is 2.39. The molecule has 0 fully saturated rings. The van der Waals surface area contributed by atoms with Crippen LogP contribution in [0.4, 0.5) is 4.39 Å². The fourth-order valence-electron chi connectivity index (χ4n) is 1.92. The molecule has 1 heterocycles. The molecule has 21 heavy (non-hydrogen) atoms. The van der Waals surface area contributed by atoms with Crippen molar-refractivity contribution in [2.24, 2.45) is 0 Å². The Hall–Kier alpha value is -1.31. The molecule has 0 aliphatic carbocycles. The first kappa shape index (κ1) is 16.1. The Morgan fingerprint density at radius 2 is 1.95 bits per heavy atom. The van der Waals surface area contributed by atoms with Gasteiger partial charge in [-0.15, -0.1) is 0 Å². The minimum atomic E-state index is -3.75. The second kappa shape index (κ2) is 6.21. The summed E-state index contributed by atoms with van der Waals surface area (Å²) in [5.74, 6) is -0.431. The largest absolute Gasteiger partial charge is 0.262 e. The van der Waals surface area contributed by atoms with Gasteiger partial charge in [0.05, 0.1) is 0 Å². The predicted octanol–water partition coefficient (Wildman–Crippen LogP) is 3.36. The number of sulfonamides is 1. The van der Waals surface area contributed by atoms with Crippen molar-refractivity contribution in [3.8, 4) is 0 Å². The molecule has 7 heteroatoms. The maximum Gasteiger partial charge on any atom is 0.244 e. The van der Waals surface area contributed by atoms with Gasteiger partial charge in [0.25, 0.3) is 0 Å². The number of halogens is 2. The number of hydrogen-bond acceptors (Lipinski definition) is 3. The third-order valence-electron chi connectivity index (χ3n) is 3.26. The highest BCUT2D eigenvalue weighted by Gasteiger charge is 2.28. The van der Waals surface area contributed by atoms with Crippen molar-refractivity contribution in [1.29, 1.82) is 0 Å². The van der Waals surface area contributed by atoms with Gasteiger partial charge < -0.3 is 0 Å².